The van der Waals surface area contributed by atoms with Gasteiger partial charge in [-0.1, -0.05) is 6.92 Å². The lowest BCUT2D eigenvalue weighted by molar-refractivity contribution is 0.192. The number of rotatable bonds is 4. The van der Waals surface area contributed by atoms with Crippen molar-refractivity contribution in [3.05, 3.63) is 18.0 Å². The predicted molar refractivity (Wildman–Crippen MR) is 71.5 cm³/mol. The molecule has 0 saturated carbocycles. The van der Waals surface area contributed by atoms with Crippen LogP contribution in [0, 0.1) is 0 Å². The summed E-state index contributed by atoms with van der Waals surface area (Å²) < 4.78 is 0. The molecule has 0 bridgehead atoms. The van der Waals surface area contributed by atoms with Gasteiger partial charge in [0.15, 0.2) is 0 Å². The Kier molecular flexibility index (Phi) is 4.49. The van der Waals surface area contributed by atoms with Crippen molar-refractivity contribution in [2.24, 2.45) is 0 Å². The number of anilines is 1. The number of aromatic nitrogens is 2. The zero-order chi connectivity index (χ0) is 13.0. The van der Waals surface area contributed by atoms with E-state index in [9.17, 15) is 0 Å². The highest BCUT2D eigenvalue weighted by atomic mass is 16.3. The Labute approximate surface area is 108 Å². The van der Waals surface area contributed by atoms with Crippen LogP contribution in [0.1, 0.15) is 25.8 Å². The Morgan fingerprint density at radius 3 is 2.33 bits per heavy atom. The van der Waals surface area contributed by atoms with Crippen molar-refractivity contribution in [2.75, 3.05) is 31.1 Å². The Bertz CT molecular complexity index is 360. The number of nitrogens with zero attached hydrogens (tertiary/aromatic N) is 4. The minimum Gasteiger partial charge on any atom is -0.392 e. The number of hydrogen-bond acceptors (Lipinski definition) is 5. The van der Waals surface area contributed by atoms with Crippen molar-refractivity contribution in [1.29, 1.82) is 0 Å². The van der Waals surface area contributed by atoms with Gasteiger partial charge in [-0.2, -0.15) is 0 Å². The Hall–Kier alpha value is -1.20. The molecule has 5 heteroatoms. The molecule has 100 valence electrons. The molecule has 0 aromatic carbocycles. The van der Waals surface area contributed by atoms with E-state index in [4.69, 9.17) is 5.11 Å². The highest BCUT2D eigenvalue weighted by Crippen LogP contribution is 2.13. The van der Waals surface area contributed by atoms with Gasteiger partial charge in [0, 0.05) is 50.2 Å². The lowest BCUT2D eigenvalue weighted by Gasteiger charge is -2.37. The SMILES string of the molecule is CCC(C)N1CCN(c2ncc(CO)cn2)CC1. The van der Waals surface area contributed by atoms with Gasteiger partial charge in [-0.05, 0) is 13.3 Å². The number of aliphatic hydroxyl groups is 1. The first kappa shape index (κ1) is 13.2. The summed E-state index contributed by atoms with van der Waals surface area (Å²) in [6.07, 6.45) is 4.59. The van der Waals surface area contributed by atoms with Crippen molar-refractivity contribution in [1.82, 2.24) is 14.9 Å². The molecule has 1 unspecified atom stereocenters. The van der Waals surface area contributed by atoms with Gasteiger partial charge >= 0.3 is 0 Å². The van der Waals surface area contributed by atoms with Crippen molar-refractivity contribution < 1.29 is 5.11 Å². The molecule has 0 radical (unpaired) electrons. The van der Waals surface area contributed by atoms with Crippen LogP contribution in [-0.4, -0.2) is 52.2 Å². The van der Waals surface area contributed by atoms with E-state index >= 15 is 0 Å². The van der Waals surface area contributed by atoms with E-state index in [1.54, 1.807) is 12.4 Å². The third kappa shape index (κ3) is 2.97. The Balaban J connectivity index is 1.92. The second-order valence-corrected chi connectivity index (χ2v) is 4.83. The molecule has 1 aromatic heterocycles. The fourth-order valence-corrected chi connectivity index (χ4v) is 2.21. The largest absolute Gasteiger partial charge is 0.392 e. The van der Waals surface area contributed by atoms with Gasteiger partial charge in [0.05, 0.1) is 6.61 Å². The van der Waals surface area contributed by atoms with Gasteiger partial charge in [-0.25, -0.2) is 9.97 Å². The van der Waals surface area contributed by atoms with Crippen LogP contribution >= 0.6 is 0 Å². The summed E-state index contributed by atoms with van der Waals surface area (Å²) in [6, 6.07) is 0.657. The van der Waals surface area contributed by atoms with E-state index in [0.29, 0.717) is 6.04 Å². The Morgan fingerprint density at radius 1 is 1.22 bits per heavy atom. The molecule has 1 N–H and O–H groups in total. The standard InChI is InChI=1S/C13H22N4O/c1-3-11(2)16-4-6-17(7-5-16)13-14-8-12(10-18)9-15-13/h8-9,11,18H,3-7,10H2,1-2H3. The molecule has 0 aliphatic carbocycles. The van der Waals surface area contributed by atoms with Crippen molar-refractivity contribution in [2.45, 2.75) is 32.9 Å². The van der Waals surface area contributed by atoms with Crippen LogP contribution in [-0.2, 0) is 6.61 Å². The van der Waals surface area contributed by atoms with Crippen LogP contribution in [0.3, 0.4) is 0 Å². The molecule has 1 fully saturated rings. The van der Waals surface area contributed by atoms with E-state index in [-0.39, 0.29) is 6.61 Å². The van der Waals surface area contributed by atoms with Crippen LogP contribution in [0.15, 0.2) is 12.4 Å². The van der Waals surface area contributed by atoms with Gasteiger partial charge in [0.1, 0.15) is 0 Å². The maximum Gasteiger partial charge on any atom is 0.225 e. The zero-order valence-electron chi connectivity index (χ0n) is 11.2. The molecule has 1 aromatic rings. The molecular formula is C13H22N4O. The maximum atomic E-state index is 8.96. The van der Waals surface area contributed by atoms with E-state index in [2.05, 4.69) is 33.6 Å². The van der Waals surface area contributed by atoms with Crippen LogP contribution in [0.2, 0.25) is 0 Å². The summed E-state index contributed by atoms with van der Waals surface area (Å²) in [5.74, 6) is 0.774. The number of piperazine rings is 1. The monoisotopic (exact) mass is 250 g/mol. The van der Waals surface area contributed by atoms with Gasteiger partial charge in [0.25, 0.3) is 0 Å². The first-order chi connectivity index (χ1) is 8.74. The summed E-state index contributed by atoms with van der Waals surface area (Å²) >= 11 is 0. The van der Waals surface area contributed by atoms with E-state index < -0.39 is 0 Å². The molecule has 2 rings (SSSR count). The average molecular weight is 250 g/mol. The van der Waals surface area contributed by atoms with Crippen LogP contribution in [0.5, 0.6) is 0 Å². The lowest BCUT2D eigenvalue weighted by Crippen LogP contribution is -2.49. The highest BCUT2D eigenvalue weighted by Gasteiger charge is 2.21. The minimum absolute atomic E-state index is 0.00206. The number of hydrogen-bond donors (Lipinski definition) is 1. The molecule has 1 aliphatic heterocycles. The fraction of sp³-hybridized carbons (Fsp3) is 0.692. The van der Waals surface area contributed by atoms with Gasteiger partial charge in [-0.3, -0.25) is 4.90 Å². The average Bonchev–Trinajstić information content (AvgIpc) is 2.47. The second-order valence-electron chi connectivity index (χ2n) is 4.83. The second kappa shape index (κ2) is 6.11. The minimum atomic E-state index is 0.00206. The molecule has 18 heavy (non-hydrogen) atoms. The zero-order valence-corrected chi connectivity index (χ0v) is 11.2. The first-order valence-corrected chi connectivity index (χ1v) is 6.65. The third-order valence-electron chi connectivity index (χ3n) is 3.69. The van der Waals surface area contributed by atoms with Crippen molar-refractivity contribution >= 4 is 5.95 Å². The molecule has 5 nitrogen and oxygen atoms in total. The lowest BCUT2D eigenvalue weighted by atomic mass is 10.2. The molecule has 1 saturated heterocycles. The summed E-state index contributed by atoms with van der Waals surface area (Å²) in [5.41, 5.74) is 0.761. The molecule has 1 aliphatic rings. The predicted octanol–water partition coefficient (Wildman–Crippen LogP) is 0.889. The van der Waals surface area contributed by atoms with Crippen molar-refractivity contribution in [3.8, 4) is 0 Å². The highest BCUT2D eigenvalue weighted by molar-refractivity contribution is 5.30. The summed E-state index contributed by atoms with van der Waals surface area (Å²) in [6.45, 7) is 8.60. The van der Waals surface area contributed by atoms with E-state index in [1.165, 1.54) is 6.42 Å². The van der Waals surface area contributed by atoms with Crippen LogP contribution in [0.25, 0.3) is 0 Å². The topological polar surface area (TPSA) is 52.5 Å². The van der Waals surface area contributed by atoms with Gasteiger partial charge in [0.2, 0.25) is 5.95 Å². The number of aliphatic hydroxyl groups excluding tert-OH is 1. The first-order valence-electron chi connectivity index (χ1n) is 6.65. The summed E-state index contributed by atoms with van der Waals surface area (Å²) in [4.78, 5) is 13.3. The fourth-order valence-electron chi connectivity index (χ4n) is 2.21. The van der Waals surface area contributed by atoms with E-state index in [1.807, 2.05) is 0 Å². The molecule has 2 heterocycles. The summed E-state index contributed by atoms with van der Waals surface area (Å²) in [5, 5.41) is 8.96. The smallest absolute Gasteiger partial charge is 0.225 e. The maximum absolute atomic E-state index is 8.96. The molecule has 0 spiro atoms. The molecule has 0 amide bonds. The van der Waals surface area contributed by atoms with Gasteiger partial charge < -0.3 is 10.0 Å². The van der Waals surface area contributed by atoms with Crippen molar-refractivity contribution in [3.63, 3.8) is 0 Å². The molecule has 1 atom stereocenters. The van der Waals surface area contributed by atoms with Crippen LogP contribution < -0.4 is 4.90 Å². The van der Waals surface area contributed by atoms with E-state index in [0.717, 1.165) is 37.7 Å². The Morgan fingerprint density at radius 2 is 1.83 bits per heavy atom. The third-order valence-corrected chi connectivity index (χ3v) is 3.69. The normalized spacial score (nSPS) is 18.9. The van der Waals surface area contributed by atoms with Gasteiger partial charge in [-0.15, -0.1) is 0 Å². The van der Waals surface area contributed by atoms with Crippen LogP contribution in [0.4, 0.5) is 5.95 Å². The quantitative estimate of drug-likeness (QED) is 0.860. The summed E-state index contributed by atoms with van der Waals surface area (Å²) in [7, 11) is 0. The molecular weight excluding hydrogens is 228 g/mol.